The number of hydrogen-bond acceptors (Lipinski definition) is 2. The predicted molar refractivity (Wildman–Crippen MR) is 73.0 cm³/mol. The molecule has 0 amide bonds. The van der Waals surface area contributed by atoms with Gasteiger partial charge in [-0.15, -0.1) is 0 Å². The summed E-state index contributed by atoms with van der Waals surface area (Å²) in [5, 5.41) is 0. The highest BCUT2D eigenvalue weighted by Gasteiger charge is 2.13. The molecule has 0 rings (SSSR count). The van der Waals surface area contributed by atoms with Crippen molar-refractivity contribution in [2.75, 3.05) is 6.61 Å². The van der Waals surface area contributed by atoms with Crippen LogP contribution in [0, 0.1) is 5.92 Å². The molecule has 0 aromatic rings. The molecule has 17 heavy (non-hydrogen) atoms. The summed E-state index contributed by atoms with van der Waals surface area (Å²) in [6.07, 6.45) is 10.6. The zero-order chi connectivity index (χ0) is 12.9. The molecule has 2 heteroatoms. The lowest BCUT2D eigenvalue weighted by molar-refractivity contribution is -0.148. The average Bonchev–Trinajstić information content (AvgIpc) is 2.34. The normalized spacial score (nSPS) is 12.4. The van der Waals surface area contributed by atoms with Crippen LogP contribution in [0.15, 0.2) is 0 Å². The van der Waals surface area contributed by atoms with E-state index < -0.39 is 0 Å². The molecule has 0 heterocycles. The molecule has 0 aromatic heterocycles. The highest BCUT2D eigenvalue weighted by Crippen LogP contribution is 2.13. The Morgan fingerprint density at radius 1 is 0.941 bits per heavy atom. The van der Waals surface area contributed by atoms with E-state index in [9.17, 15) is 4.79 Å². The molecule has 102 valence electrons. The van der Waals surface area contributed by atoms with Crippen LogP contribution in [0.5, 0.6) is 0 Å². The monoisotopic (exact) mass is 242 g/mol. The maximum atomic E-state index is 11.6. The maximum Gasteiger partial charge on any atom is 0.308 e. The molecule has 0 bridgehead atoms. The largest absolute Gasteiger partial charge is 0.465 e. The maximum absolute atomic E-state index is 11.6. The predicted octanol–water partition coefficient (Wildman–Crippen LogP) is 4.72. The summed E-state index contributed by atoms with van der Waals surface area (Å²) in [4.78, 5) is 11.6. The Hall–Kier alpha value is -0.530. The summed E-state index contributed by atoms with van der Waals surface area (Å²) < 4.78 is 5.25. The topological polar surface area (TPSA) is 26.3 Å². The molecule has 0 aromatic carbocycles. The Bertz CT molecular complexity index is 178. The van der Waals surface area contributed by atoms with Crippen molar-refractivity contribution in [3.05, 3.63) is 0 Å². The number of ether oxygens (including phenoxy) is 1. The van der Waals surface area contributed by atoms with E-state index in [4.69, 9.17) is 4.74 Å². The molecule has 0 saturated heterocycles. The Kier molecular flexibility index (Phi) is 11.6. The van der Waals surface area contributed by atoms with Crippen LogP contribution in [0.4, 0.5) is 0 Å². The lowest BCUT2D eigenvalue weighted by Gasteiger charge is -2.11. The highest BCUT2D eigenvalue weighted by molar-refractivity contribution is 5.71. The third-order valence-corrected chi connectivity index (χ3v) is 3.14. The van der Waals surface area contributed by atoms with E-state index in [-0.39, 0.29) is 11.9 Å². The number of carbonyl (C=O) groups excluding carboxylic acids is 1. The van der Waals surface area contributed by atoms with Crippen LogP contribution in [0.2, 0.25) is 0 Å². The number of unbranched alkanes of at least 4 members (excludes halogenated alkanes) is 6. The number of rotatable bonds is 11. The lowest BCUT2D eigenvalue weighted by Crippen LogP contribution is -2.15. The number of hydrogen-bond donors (Lipinski definition) is 0. The summed E-state index contributed by atoms with van der Waals surface area (Å²) in [7, 11) is 0. The molecular formula is C15H30O2. The minimum Gasteiger partial charge on any atom is -0.465 e. The van der Waals surface area contributed by atoms with Crippen LogP contribution in [0.1, 0.15) is 78.6 Å². The highest BCUT2D eigenvalue weighted by atomic mass is 16.5. The van der Waals surface area contributed by atoms with Gasteiger partial charge in [-0.1, -0.05) is 65.7 Å². The Balaban J connectivity index is 3.40. The molecule has 0 N–H and O–H groups in total. The molecule has 0 aliphatic rings. The zero-order valence-electron chi connectivity index (χ0n) is 12.0. The van der Waals surface area contributed by atoms with Gasteiger partial charge in [0.1, 0.15) is 0 Å². The zero-order valence-corrected chi connectivity index (χ0v) is 12.0. The van der Waals surface area contributed by atoms with Crippen LogP contribution < -0.4 is 0 Å². The fraction of sp³-hybridized carbons (Fsp3) is 0.933. The molecule has 0 fully saturated rings. The SMILES string of the molecule is CCCCCCCC(C)C(=O)OCCCCC. The van der Waals surface area contributed by atoms with Gasteiger partial charge in [0, 0.05) is 0 Å². The smallest absolute Gasteiger partial charge is 0.308 e. The molecule has 0 aliphatic carbocycles. The van der Waals surface area contributed by atoms with Crippen molar-refractivity contribution in [1.82, 2.24) is 0 Å². The van der Waals surface area contributed by atoms with Crippen LogP contribution in [-0.4, -0.2) is 12.6 Å². The summed E-state index contributed by atoms with van der Waals surface area (Å²) in [5.74, 6) is 0.0786. The summed E-state index contributed by atoms with van der Waals surface area (Å²) in [6, 6.07) is 0. The third-order valence-electron chi connectivity index (χ3n) is 3.14. The Morgan fingerprint density at radius 3 is 2.18 bits per heavy atom. The van der Waals surface area contributed by atoms with Crippen molar-refractivity contribution < 1.29 is 9.53 Å². The standard InChI is InChI=1S/C15H30O2/c1-4-6-8-9-10-12-14(3)15(16)17-13-11-7-5-2/h14H,4-13H2,1-3H3. The minimum absolute atomic E-state index is 0.00315. The van der Waals surface area contributed by atoms with Gasteiger partial charge in [-0.2, -0.15) is 0 Å². The number of carbonyl (C=O) groups is 1. The second kappa shape index (κ2) is 11.9. The molecule has 0 spiro atoms. The molecule has 0 aliphatic heterocycles. The van der Waals surface area contributed by atoms with E-state index in [0.29, 0.717) is 6.61 Å². The van der Waals surface area contributed by atoms with Crippen molar-refractivity contribution in [2.45, 2.75) is 78.6 Å². The first-order chi connectivity index (χ1) is 8.22. The first kappa shape index (κ1) is 16.5. The van der Waals surface area contributed by atoms with Gasteiger partial charge in [-0.05, 0) is 12.8 Å². The summed E-state index contributed by atoms with van der Waals surface area (Å²) in [5.41, 5.74) is 0. The first-order valence-corrected chi connectivity index (χ1v) is 7.39. The van der Waals surface area contributed by atoms with Gasteiger partial charge in [-0.25, -0.2) is 0 Å². The fourth-order valence-electron chi connectivity index (χ4n) is 1.84. The second-order valence-corrected chi connectivity index (χ2v) is 4.98. The molecule has 1 atom stereocenters. The van der Waals surface area contributed by atoms with Gasteiger partial charge in [0.2, 0.25) is 0 Å². The van der Waals surface area contributed by atoms with Crippen LogP contribution in [-0.2, 0) is 9.53 Å². The van der Waals surface area contributed by atoms with E-state index in [0.717, 1.165) is 25.7 Å². The summed E-state index contributed by atoms with van der Waals surface area (Å²) in [6.45, 7) is 6.96. The van der Waals surface area contributed by atoms with Gasteiger partial charge in [0.05, 0.1) is 12.5 Å². The van der Waals surface area contributed by atoms with E-state index in [1.807, 2.05) is 6.92 Å². The van der Waals surface area contributed by atoms with Crippen LogP contribution >= 0.6 is 0 Å². The van der Waals surface area contributed by atoms with E-state index in [2.05, 4.69) is 13.8 Å². The quantitative estimate of drug-likeness (QED) is 0.387. The Labute approximate surface area is 107 Å². The van der Waals surface area contributed by atoms with E-state index >= 15 is 0 Å². The lowest BCUT2D eigenvalue weighted by atomic mass is 10.0. The minimum atomic E-state index is -0.00315. The number of esters is 1. The molecule has 1 unspecified atom stereocenters. The van der Waals surface area contributed by atoms with Crippen molar-refractivity contribution in [3.63, 3.8) is 0 Å². The third kappa shape index (κ3) is 10.3. The van der Waals surface area contributed by atoms with Gasteiger partial charge < -0.3 is 4.74 Å². The molecule has 0 saturated carbocycles. The van der Waals surface area contributed by atoms with Crippen molar-refractivity contribution in [2.24, 2.45) is 5.92 Å². The van der Waals surface area contributed by atoms with Crippen LogP contribution in [0.3, 0.4) is 0 Å². The van der Waals surface area contributed by atoms with Crippen LogP contribution in [0.25, 0.3) is 0 Å². The fourth-order valence-corrected chi connectivity index (χ4v) is 1.84. The molecule has 0 radical (unpaired) electrons. The van der Waals surface area contributed by atoms with Gasteiger partial charge in [0.25, 0.3) is 0 Å². The summed E-state index contributed by atoms with van der Waals surface area (Å²) >= 11 is 0. The van der Waals surface area contributed by atoms with E-state index in [1.54, 1.807) is 0 Å². The van der Waals surface area contributed by atoms with Gasteiger partial charge in [-0.3, -0.25) is 4.79 Å². The average molecular weight is 242 g/mol. The second-order valence-electron chi connectivity index (χ2n) is 4.98. The first-order valence-electron chi connectivity index (χ1n) is 7.39. The van der Waals surface area contributed by atoms with Crippen molar-refractivity contribution in [3.8, 4) is 0 Å². The molecular weight excluding hydrogens is 212 g/mol. The van der Waals surface area contributed by atoms with E-state index in [1.165, 1.54) is 32.1 Å². The van der Waals surface area contributed by atoms with Gasteiger partial charge in [0.15, 0.2) is 0 Å². The van der Waals surface area contributed by atoms with Crippen molar-refractivity contribution >= 4 is 5.97 Å². The van der Waals surface area contributed by atoms with Crippen molar-refractivity contribution in [1.29, 1.82) is 0 Å². The molecule has 2 nitrogen and oxygen atoms in total. The Morgan fingerprint density at radius 2 is 1.53 bits per heavy atom. The van der Waals surface area contributed by atoms with Gasteiger partial charge >= 0.3 is 5.97 Å².